The quantitative estimate of drug-likeness (QED) is 0.488. The second-order valence-electron chi connectivity index (χ2n) is 8.58. The van der Waals surface area contributed by atoms with E-state index in [0.717, 1.165) is 16.8 Å². The molecule has 1 aromatic heterocycles. The van der Waals surface area contributed by atoms with Gasteiger partial charge >= 0.3 is 0 Å². The van der Waals surface area contributed by atoms with Crippen LogP contribution in [0, 0.1) is 17.3 Å². The molecule has 5 nitrogen and oxygen atoms in total. The molecule has 1 aliphatic rings. The fourth-order valence-corrected chi connectivity index (χ4v) is 4.12. The molecule has 0 saturated heterocycles. The summed E-state index contributed by atoms with van der Waals surface area (Å²) in [6.07, 6.45) is 1.57. The number of rotatable bonds is 2. The first kappa shape index (κ1) is 20.8. The lowest BCUT2D eigenvalue weighted by atomic mass is 9.98. The summed E-state index contributed by atoms with van der Waals surface area (Å²) < 4.78 is 16.6. The standard InChI is InChI=1S/C24H23FN4OSi/c1-15-23-22(24(26)30)27-14-29(23)20-10-9-16(11-12-31(2,3)4)13-18(20)21(28-15)17-7-5-6-8-19(17)25/h5-10,13-15H,1-4H3,(H2,26,30)/t15-/m0/s1. The zero-order chi connectivity index (χ0) is 22.3. The van der Waals surface area contributed by atoms with Crippen molar-refractivity contribution in [3.63, 3.8) is 0 Å². The molecule has 1 amide bonds. The molecule has 1 aliphatic heterocycles. The topological polar surface area (TPSA) is 73.3 Å². The van der Waals surface area contributed by atoms with Crippen molar-refractivity contribution < 1.29 is 9.18 Å². The first-order chi connectivity index (χ1) is 14.7. The third kappa shape index (κ3) is 3.94. The van der Waals surface area contributed by atoms with E-state index in [1.54, 1.807) is 24.5 Å². The van der Waals surface area contributed by atoms with Crippen molar-refractivity contribution in [2.24, 2.45) is 10.7 Å². The number of primary amides is 1. The first-order valence-corrected chi connectivity index (χ1v) is 13.5. The Kier molecular flexibility index (Phi) is 5.11. The zero-order valence-corrected chi connectivity index (χ0v) is 18.9. The maximum atomic E-state index is 14.8. The monoisotopic (exact) mass is 430 g/mol. The number of aliphatic imine (C=N–C) groups is 1. The van der Waals surface area contributed by atoms with E-state index in [4.69, 9.17) is 10.7 Å². The summed E-state index contributed by atoms with van der Waals surface area (Å²) in [5.41, 5.74) is 12.9. The van der Waals surface area contributed by atoms with Gasteiger partial charge in [-0.1, -0.05) is 37.7 Å². The summed E-state index contributed by atoms with van der Waals surface area (Å²) in [4.78, 5) is 21.0. The van der Waals surface area contributed by atoms with Gasteiger partial charge in [-0.25, -0.2) is 9.37 Å². The smallest absolute Gasteiger partial charge is 0.269 e. The number of carbonyl (C=O) groups excluding carboxylic acids is 1. The van der Waals surface area contributed by atoms with Gasteiger partial charge in [-0.05, 0) is 37.3 Å². The summed E-state index contributed by atoms with van der Waals surface area (Å²) in [5, 5.41) is 0. The number of hydrogen-bond donors (Lipinski definition) is 1. The van der Waals surface area contributed by atoms with Gasteiger partial charge in [0.15, 0.2) is 5.69 Å². The Balaban J connectivity index is 2.02. The Labute approximate surface area is 181 Å². The van der Waals surface area contributed by atoms with Crippen LogP contribution in [-0.2, 0) is 0 Å². The number of aromatic nitrogens is 2. The predicted octanol–water partition coefficient (Wildman–Crippen LogP) is 4.25. The Morgan fingerprint density at radius 3 is 2.58 bits per heavy atom. The van der Waals surface area contributed by atoms with Crippen LogP contribution in [0.3, 0.4) is 0 Å². The molecule has 2 heterocycles. The molecule has 2 aromatic carbocycles. The molecule has 31 heavy (non-hydrogen) atoms. The molecule has 0 spiro atoms. The van der Waals surface area contributed by atoms with Crippen LogP contribution in [-0.4, -0.2) is 29.2 Å². The number of carbonyl (C=O) groups is 1. The summed E-state index contributed by atoms with van der Waals surface area (Å²) in [6.45, 7) is 8.39. The van der Waals surface area contributed by atoms with Gasteiger partial charge in [-0.3, -0.25) is 14.4 Å². The van der Waals surface area contributed by atoms with Crippen LogP contribution in [0.4, 0.5) is 4.39 Å². The lowest BCUT2D eigenvalue weighted by molar-refractivity contribution is 0.0994. The van der Waals surface area contributed by atoms with E-state index in [-0.39, 0.29) is 11.5 Å². The number of fused-ring (bicyclic) bond motifs is 3. The molecular formula is C24H23FN4OSi. The number of halogens is 1. The van der Waals surface area contributed by atoms with Gasteiger partial charge in [0.05, 0.1) is 23.1 Å². The minimum Gasteiger partial charge on any atom is -0.364 e. The molecule has 1 atom stereocenters. The third-order valence-electron chi connectivity index (χ3n) is 4.98. The van der Waals surface area contributed by atoms with Crippen LogP contribution in [0.2, 0.25) is 19.6 Å². The largest absolute Gasteiger partial charge is 0.364 e. The van der Waals surface area contributed by atoms with Crippen LogP contribution in [0.15, 0.2) is 53.8 Å². The van der Waals surface area contributed by atoms with Crippen molar-refractivity contribution in [3.05, 3.63) is 82.7 Å². The van der Waals surface area contributed by atoms with Crippen molar-refractivity contribution in [1.82, 2.24) is 9.55 Å². The fraction of sp³-hybridized carbons (Fsp3) is 0.208. The lowest BCUT2D eigenvalue weighted by Crippen LogP contribution is -2.16. The summed E-state index contributed by atoms with van der Waals surface area (Å²) in [6, 6.07) is 11.9. The Hall–Kier alpha value is -3.50. The minimum absolute atomic E-state index is 0.166. The van der Waals surface area contributed by atoms with E-state index in [2.05, 4.69) is 36.1 Å². The van der Waals surface area contributed by atoms with Gasteiger partial charge in [-0.2, -0.15) is 0 Å². The molecule has 0 bridgehead atoms. The molecule has 3 aromatic rings. The zero-order valence-electron chi connectivity index (χ0n) is 17.9. The van der Waals surface area contributed by atoms with Crippen LogP contribution >= 0.6 is 0 Å². The van der Waals surface area contributed by atoms with Gasteiger partial charge in [-0.15, -0.1) is 5.54 Å². The molecule has 0 unspecified atom stereocenters. The van der Waals surface area contributed by atoms with Crippen LogP contribution < -0.4 is 5.73 Å². The maximum Gasteiger partial charge on any atom is 0.269 e. The van der Waals surface area contributed by atoms with Gasteiger partial charge in [0.2, 0.25) is 0 Å². The SMILES string of the molecule is C[C@@H]1N=C(c2ccccc2F)c2cc(C#C[Si](C)(C)C)ccc2-n2cnc(C(N)=O)c21. The Bertz CT molecular complexity index is 1290. The Morgan fingerprint density at radius 1 is 1.16 bits per heavy atom. The number of amides is 1. The number of imidazole rings is 1. The number of nitrogens with two attached hydrogens (primary N) is 1. The highest BCUT2D eigenvalue weighted by Gasteiger charge is 2.28. The number of hydrogen-bond acceptors (Lipinski definition) is 3. The van der Waals surface area contributed by atoms with Crippen molar-refractivity contribution in [3.8, 4) is 17.2 Å². The molecule has 0 saturated carbocycles. The van der Waals surface area contributed by atoms with Crippen LogP contribution in [0.5, 0.6) is 0 Å². The van der Waals surface area contributed by atoms with E-state index in [1.807, 2.05) is 29.7 Å². The van der Waals surface area contributed by atoms with Crippen LogP contribution in [0.25, 0.3) is 5.69 Å². The first-order valence-electron chi connectivity index (χ1n) is 10.0. The normalized spacial score (nSPS) is 15.1. The van der Waals surface area contributed by atoms with Crippen molar-refractivity contribution in [2.75, 3.05) is 0 Å². The van der Waals surface area contributed by atoms with Gasteiger partial charge in [0.25, 0.3) is 5.91 Å². The fourth-order valence-electron chi connectivity index (χ4n) is 3.60. The molecule has 0 fully saturated rings. The number of benzene rings is 2. The van der Waals surface area contributed by atoms with Gasteiger partial charge in [0, 0.05) is 16.7 Å². The average Bonchev–Trinajstić information content (AvgIpc) is 3.11. The third-order valence-corrected chi connectivity index (χ3v) is 5.85. The Morgan fingerprint density at radius 2 is 1.90 bits per heavy atom. The van der Waals surface area contributed by atoms with E-state index >= 15 is 0 Å². The van der Waals surface area contributed by atoms with Crippen LogP contribution in [0.1, 0.15) is 45.8 Å². The van der Waals surface area contributed by atoms with Gasteiger partial charge in [0.1, 0.15) is 20.2 Å². The second-order valence-corrected chi connectivity index (χ2v) is 13.3. The van der Waals surface area contributed by atoms with Crippen molar-refractivity contribution in [2.45, 2.75) is 32.6 Å². The van der Waals surface area contributed by atoms with E-state index < -0.39 is 20.0 Å². The molecule has 4 rings (SSSR count). The maximum absolute atomic E-state index is 14.8. The summed E-state index contributed by atoms with van der Waals surface area (Å²) in [5.74, 6) is 2.28. The molecule has 0 radical (unpaired) electrons. The highest BCUT2D eigenvalue weighted by atomic mass is 28.3. The number of nitrogens with zero attached hydrogens (tertiary/aromatic N) is 3. The molecule has 2 N–H and O–H groups in total. The lowest BCUT2D eigenvalue weighted by Gasteiger charge is -2.13. The summed E-state index contributed by atoms with van der Waals surface area (Å²) >= 11 is 0. The predicted molar refractivity (Wildman–Crippen MR) is 123 cm³/mol. The molecular weight excluding hydrogens is 407 g/mol. The van der Waals surface area contributed by atoms with E-state index in [9.17, 15) is 9.18 Å². The molecule has 156 valence electrons. The highest BCUT2D eigenvalue weighted by molar-refractivity contribution is 6.83. The molecule has 0 aliphatic carbocycles. The minimum atomic E-state index is -1.57. The van der Waals surface area contributed by atoms with E-state index in [1.165, 1.54) is 6.07 Å². The molecule has 7 heteroatoms. The van der Waals surface area contributed by atoms with Crippen molar-refractivity contribution >= 4 is 19.7 Å². The van der Waals surface area contributed by atoms with E-state index in [0.29, 0.717) is 17.0 Å². The van der Waals surface area contributed by atoms with Crippen molar-refractivity contribution in [1.29, 1.82) is 0 Å². The highest BCUT2D eigenvalue weighted by Crippen LogP contribution is 2.33. The second kappa shape index (κ2) is 7.64. The average molecular weight is 431 g/mol. The van der Waals surface area contributed by atoms with Gasteiger partial charge < -0.3 is 5.73 Å². The summed E-state index contributed by atoms with van der Waals surface area (Å²) in [7, 11) is -1.57.